The Morgan fingerprint density at radius 2 is 2.07 bits per heavy atom. The number of likely N-dealkylation sites (tertiary alicyclic amines) is 1. The van der Waals surface area contributed by atoms with Gasteiger partial charge >= 0.3 is 0 Å². The molecule has 0 aromatic carbocycles. The SMILES string of the molecule is CCC(CC)(CS)CN1CCCC1CO. The van der Waals surface area contributed by atoms with E-state index in [1.165, 1.54) is 19.3 Å². The predicted molar refractivity (Wildman–Crippen MR) is 68.5 cm³/mol. The van der Waals surface area contributed by atoms with E-state index in [1.807, 2.05) is 0 Å². The molecule has 0 bridgehead atoms. The van der Waals surface area contributed by atoms with Crippen LogP contribution in [-0.4, -0.2) is 41.5 Å². The molecule has 1 atom stereocenters. The van der Waals surface area contributed by atoms with E-state index in [9.17, 15) is 5.11 Å². The van der Waals surface area contributed by atoms with Gasteiger partial charge in [-0.25, -0.2) is 0 Å². The normalized spacial score (nSPS) is 23.6. The summed E-state index contributed by atoms with van der Waals surface area (Å²) < 4.78 is 0. The Morgan fingerprint density at radius 1 is 1.40 bits per heavy atom. The van der Waals surface area contributed by atoms with E-state index < -0.39 is 0 Å². The lowest BCUT2D eigenvalue weighted by atomic mass is 9.83. The van der Waals surface area contributed by atoms with Crippen LogP contribution in [0.15, 0.2) is 0 Å². The van der Waals surface area contributed by atoms with E-state index in [-0.39, 0.29) is 0 Å². The maximum atomic E-state index is 9.29. The Balaban J connectivity index is 2.57. The average molecular weight is 231 g/mol. The quantitative estimate of drug-likeness (QED) is 0.685. The summed E-state index contributed by atoms with van der Waals surface area (Å²) in [5.74, 6) is 0.953. The van der Waals surface area contributed by atoms with Gasteiger partial charge in [-0.2, -0.15) is 12.6 Å². The molecule has 1 aliphatic heterocycles. The van der Waals surface area contributed by atoms with Gasteiger partial charge in [0.1, 0.15) is 0 Å². The second kappa shape index (κ2) is 6.12. The van der Waals surface area contributed by atoms with Crippen molar-refractivity contribution < 1.29 is 5.11 Å². The molecule has 0 aliphatic carbocycles. The fourth-order valence-corrected chi connectivity index (χ4v) is 3.04. The third kappa shape index (κ3) is 3.11. The molecule has 1 heterocycles. The van der Waals surface area contributed by atoms with Gasteiger partial charge in [0, 0.05) is 12.6 Å². The number of aliphatic hydroxyl groups excluding tert-OH is 1. The number of nitrogens with zero attached hydrogens (tertiary/aromatic N) is 1. The van der Waals surface area contributed by atoms with Crippen molar-refractivity contribution in [3.05, 3.63) is 0 Å². The Hall–Kier alpha value is 0.270. The van der Waals surface area contributed by atoms with Crippen LogP contribution < -0.4 is 0 Å². The molecular formula is C12H25NOS. The molecular weight excluding hydrogens is 206 g/mol. The number of aliphatic hydroxyl groups is 1. The van der Waals surface area contributed by atoms with Crippen LogP contribution in [0.3, 0.4) is 0 Å². The van der Waals surface area contributed by atoms with Gasteiger partial charge in [-0.15, -0.1) is 0 Å². The Bertz CT molecular complexity index is 174. The van der Waals surface area contributed by atoms with Crippen molar-refractivity contribution in [2.24, 2.45) is 5.41 Å². The van der Waals surface area contributed by atoms with E-state index in [0.29, 0.717) is 18.1 Å². The average Bonchev–Trinajstić information content (AvgIpc) is 2.73. The van der Waals surface area contributed by atoms with Gasteiger partial charge in [-0.3, -0.25) is 4.90 Å². The van der Waals surface area contributed by atoms with Crippen LogP contribution in [0.5, 0.6) is 0 Å². The molecule has 1 unspecified atom stereocenters. The van der Waals surface area contributed by atoms with Crippen LogP contribution in [0.4, 0.5) is 0 Å². The predicted octanol–water partition coefficient (Wildman–Crippen LogP) is 2.18. The summed E-state index contributed by atoms with van der Waals surface area (Å²) in [6.45, 7) is 7.08. The van der Waals surface area contributed by atoms with E-state index in [4.69, 9.17) is 0 Å². The minimum Gasteiger partial charge on any atom is -0.395 e. The molecule has 0 saturated carbocycles. The lowest BCUT2D eigenvalue weighted by Crippen LogP contribution is -2.42. The highest BCUT2D eigenvalue weighted by atomic mass is 32.1. The maximum absolute atomic E-state index is 9.29. The smallest absolute Gasteiger partial charge is 0.0586 e. The van der Waals surface area contributed by atoms with E-state index in [0.717, 1.165) is 25.3 Å². The highest BCUT2D eigenvalue weighted by Gasteiger charge is 2.32. The first-order valence-electron chi connectivity index (χ1n) is 6.17. The Morgan fingerprint density at radius 3 is 2.53 bits per heavy atom. The molecule has 0 amide bonds. The first-order chi connectivity index (χ1) is 7.21. The minimum absolute atomic E-state index is 0.316. The molecule has 1 saturated heterocycles. The van der Waals surface area contributed by atoms with Crippen LogP contribution in [0.1, 0.15) is 39.5 Å². The number of hydrogen-bond acceptors (Lipinski definition) is 3. The fraction of sp³-hybridized carbons (Fsp3) is 1.00. The molecule has 0 aromatic rings. The van der Waals surface area contributed by atoms with Gasteiger partial charge in [0.2, 0.25) is 0 Å². The van der Waals surface area contributed by atoms with Crippen molar-refractivity contribution in [1.29, 1.82) is 0 Å². The van der Waals surface area contributed by atoms with Crippen LogP contribution in [0, 0.1) is 5.41 Å². The molecule has 1 rings (SSSR count). The summed E-state index contributed by atoms with van der Waals surface area (Å²) >= 11 is 4.50. The summed E-state index contributed by atoms with van der Waals surface area (Å²) in [4.78, 5) is 2.46. The summed E-state index contributed by atoms with van der Waals surface area (Å²) in [5.41, 5.74) is 0.348. The van der Waals surface area contributed by atoms with Gasteiger partial charge in [-0.1, -0.05) is 13.8 Å². The van der Waals surface area contributed by atoms with Gasteiger partial charge in [0.15, 0.2) is 0 Å². The second-order valence-corrected chi connectivity index (χ2v) is 5.13. The minimum atomic E-state index is 0.316. The van der Waals surface area contributed by atoms with Crippen LogP contribution in [0.25, 0.3) is 0 Å². The first kappa shape index (κ1) is 13.3. The molecule has 0 spiro atoms. The molecule has 1 aliphatic rings. The highest BCUT2D eigenvalue weighted by Crippen LogP contribution is 2.31. The summed E-state index contributed by atoms with van der Waals surface area (Å²) in [6.07, 6.45) is 4.76. The van der Waals surface area contributed by atoms with Gasteiger partial charge < -0.3 is 5.11 Å². The molecule has 15 heavy (non-hydrogen) atoms. The zero-order valence-electron chi connectivity index (χ0n) is 10.1. The maximum Gasteiger partial charge on any atom is 0.0586 e. The fourth-order valence-electron chi connectivity index (χ4n) is 2.49. The standard InChI is InChI=1S/C12H25NOS/c1-3-12(4-2,10-15)9-13-7-5-6-11(13)8-14/h11,14-15H,3-10H2,1-2H3. The van der Waals surface area contributed by atoms with Crippen LogP contribution >= 0.6 is 12.6 Å². The Labute approximate surface area is 99.5 Å². The highest BCUT2D eigenvalue weighted by molar-refractivity contribution is 7.80. The topological polar surface area (TPSA) is 23.5 Å². The zero-order valence-corrected chi connectivity index (χ0v) is 11.0. The second-order valence-electron chi connectivity index (χ2n) is 4.81. The monoisotopic (exact) mass is 231 g/mol. The Kier molecular flexibility index (Phi) is 5.44. The molecule has 90 valence electrons. The molecule has 2 nitrogen and oxygen atoms in total. The third-order valence-corrected chi connectivity index (χ3v) is 4.75. The molecule has 3 heteroatoms. The molecule has 0 radical (unpaired) electrons. The van der Waals surface area contributed by atoms with E-state index in [2.05, 4.69) is 31.4 Å². The van der Waals surface area contributed by atoms with Crippen molar-refractivity contribution in [3.8, 4) is 0 Å². The van der Waals surface area contributed by atoms with Gasteiger partial charge in [0.05, 0.1) is 6.61 Å². The number of rotatable bonds is 6. The third-order valence-electron chi connectivity index (χ3n) is 4.08. The van der Waals surface area contributed by atoms with E-state index in [1.54, 1.807) is 0 Å². The lowest BCUT2D eigenvalue weighted by molar-refractivity contribution is 0.107. The van der Waals surface area contributed by atoms with Crippen molar-refractivity contribution >= 4 is 12.6 Å². The number of hydrogen-bond donors (Lipinski definition) is 2. The summed E-state index contributed by atoms with van der Waals surface area (Å²) in [5, 5.41) is 9.29. The lowest BCUT2D eigenvalue weighted by Gasteiger charge is -2.36. The molecule has 1 fully saturated rings. The molecule has 0 aromatic heterocycles. The first-order valence-corrected chi connectivity index (χ1v) is 6.80. The van der Waals surface area contributed by atoms with Crippen LogP contribution in [-0.2, 0) is 0 Å². The van der Waals surface area contributed by atoms with Crippen LogP contribution in [0.2, 0.25) is 0 Å². The van der Waals surface area contributed by atoms with Crippen molar-refractivity contribution in [3.63, 3.8) is 0 Å². The zero-order chi connectivity index (χ0) is 11.3. The van der Waals surface area contributed by atoms with Crippen molar-refractivity contribution in [2.75, 3.05) is 25.4 Å². The van der Waals surface area contributed by atoms with Crippen molar-refractivity contribution in [2.45, 2.75) is 45.6 Å². The summed E-state index contributed by atoms with van der Waals surface area (Å²) in [6, 6.07) is 0.405. The van der Waals surface area contributed by atoms with E-state index >= 15 is 0 Å². The van der Waals surface area contributed by atoms with Crippen molar-refractivity contribution in [1.82, 2.24) is 4.90 Å². The largest absolute Gasteiger partial charge is 0.395 e. The molecule has 1 N–H and O–H groups in total. The summed E-state index contributed by atoms with van der Waals surface area (Å²) in [7, 11) is 0. The number of thiol groups is 1. The van der Waals surface area contributed by atoms with Gasteiger partial charge in [0.25, 0.3) is 0 Å². The van der Waals surface area contributed by atoms with Gasteiger partial charge in [-0.05, 0) is 43.4 Å².